The predicted octanol–water partition coefficient (Wildman–Crippen LogP) is 3.92. The van der Waals surface area contributed by atoms with Crippen molar-refractivity contribution in [3.63, 3.8) is 0 Å². The number of aliphatic imine (C=N–C) groups is 1. The molecule has 0 saturated heterocycles. The van der Waals surface area contributed by atoms with Gasteiger partial charge in [0.25, 0.3) is 0 Å². The molecule has 1 atom stereocenters. The molecule has 1 unspecified atom stereocenters. The Morgan fingerprint density at radius 2 is 2.00 bits per heavy atom. The number of unbranched alkanes of at least 4 members (excludes halogenated alkanes) is 1. The van der Waals surface area contributed by atoms with Crippen LogP contribution in [-0.4, -0.2) is 24.0 Å². The number of amidine groups is 1. The molecule has 2 nitrogen and oxygen atoms in total. The number of thioether (sulfide) groups is 1. The largest absolute Gasteiger partial charge is 0.365 e. The zero-order valence-electron chi connectivity index (χ0n) is 11.4. The maximum absolute atomic E-state index is 4.47. The van der Waals surface area contributed by atoms with E-state index in [1.165, 1.54) is 31.4 Å². The van der Waals surface area contributed by atoms with E-state index in [0.717, 1.165) is 24.2 Å². The molecule has 0 rings (SSSR count). The van der Waals surface area contributed by atoms with Crippen LogP contribution in [0.5, 0.6) is 0 Å². The Balaban J connectivity index is 3.90. The summed E-state index contributed by atoms with van der Waals surface area (Å²) in [5.41, 5.74) is 0. The molecule has 0 fully saturated rings. The van der Waals surface area contributed by atoms with Crippen LogP contribution < -0.4 is 5.32 Å². The molecule has 1 N–H and O–H groups in total. The van der Waals surface area contributed by atoms with Crippen LogP contribution in [0.25, 0.3) is 0 Å². The highest BCUT2D eigenvalue weighted by Crippen LogP contribution is 2.18. The molecule has 0 aliphatic heterocycles. The SMILES string of the molecule is CCCCC(CC)CSC(=NCC)NCC. The number of hydrogen-bond acceptors (Lipinski definition) is 2. The van der Waals surface area contributed by atoms with Crippen molar-refractivity contribution in [3.8, 4) is 0 Å². The predicted molar refractivity (Wildman–Crippen MR) is 77.4 cm³/mol. The van der Waals surface area contributed by atoms with Gasteiger partial charge in [0.1, 0.15) is 0 Å². The van der Waals surface area contributed by atoms with Crippen molar-refractivity contribution in [3.05, 3.63) is 0 Å². The Bertz CT molecular complexity index is 181. The molecule has 16 heavy (non-hydrogen) atoms. The molecule has 0 radical (unpaired) electrons. The van der Waals surface area contributed by atoms with Crippen LogP contribution >= 0.6 is 11.8 Å². The summed E-state index contributed by atoms with van der Waals surface area (Å²) in [6, 6.07) is 0. The third-order valence-electron chi connectivity index (χ3n) is 2.63. The van der Waals surface area contributed by atoms with Crippen LogP contribution in [-0.2, 0) is 0 Å². The second-order valence-electron chi connectivity index (χ2n) is 4.04. The van der Waals surface area contributed by atoms with Gasteiger partial charge in [-0.3, -0.25) is 4.99 Å². The smallest absolute Gasteiger partial charge is 0.156 e. The third-order valence-corrected chi connectivity index (χ3v) is 3.81. The molecule has 0 heterocycles. The Morgan fingerprint density at radius 1 is 1.25 bits per heavy atom. The minimum atomic E-state index is 0.852. The highest BCUT2D eigenvalue weighted by molar-refractivity contribution is 8.13. The molecule has 0 amide bonds. The molecule has 0 spiro atoms. The maximum atomic E-state index is 4.47. The normalized spacial score (nSPS) is 13.9. The van der Waals surface area contributed by atoms with Crippen molar-refractivity contribution in [2.75, 3.05) is 18.8 Å². The summed E-state index contributed by atoms with van der Waals surface area (Å²) < 4.78 is 0. The monoisotopic (exact) mass is 244 g/mol. The van der Waals surface area contributed by atoms with Gasteiger partial charge in [0.05, 0.1) is 0 Å². The maximum Gasteiger partial charge on any atom is 0.156 e. The van der Waals surface area contributed by atoms with E-state index in [1.807, 2.05) is 11.8 Å². The second-order valence-corrected chi connectivity index (χ2v) is 5.05. The fourth-order valence-electron chi connectivity index (χ4n) is 1.54. The number of rotatable bonds is 8. The van der Waals surface area contributed by atoms with E-state index >= 15 is 0 Å². The van der Waals surface area contributed by atoms with Gasteiger partial charge in [-0.15, -0.1) is 0 Å². The van der Waals surface area contributed by atoms with E-state index in [9.17, 15) is 0 Å². The fourth-order valence-corrected chi connectivity index (χ4v) is 2.81. The first-order valence-corrected chi connectivity index (χ1v) is 7.67. The fraction of sp³-hybridized carbons (Fsp3) is 0.923. The van der Waals surface area contributed by atoms with Gasteiger partial charge in [-0.1, -0.05) is 44.9 Å². The molecule has 0 aliphatic carbocycles. The van der Waals surface area contributed by atoms with Gasteiger partial charge in [0.2, 0.25) is 0 Å². The van der Waals surface area contributed by atoms with Crippen LogP contribution in [0.2, 0.25) is 0 Å². The van der Waals surface area contributed by atoms with Gasteiger partial charge in [0.15, 0.2) is 5.17 Å². The summed E-state index contributed by atoms with van der Waals surface area (Å²) in [5, 5.41) is 4.46. The van der Waals surface area contributed by atoms with Gasteiger partial charge < -0.3 is 5.32 Å². The second kappa shape index (κ2) is 11.3. The molecule has 0 aliphatic rings. The van der Waals surface area contributed by atoms with E-state index < -0.39 is 0 Å². The number of hydrogen-bond donors (Lipinski definition) is 1. The number of nitrogens with one attached hydrogen (secondary N) is 1. The molecule has 0 bridgehead atoms. The molecular formula is C13H28N2S. The van der Waals surface area contributed by atoms with E-state index in [2.05, 4.69) is 38.0 Å². The molecule has 0 aromatic carbocycles. The average molecular weight is 244 g/mol. The van der Waals surface area contributed by atoms with Crippen molar-refractivity contribution in [2.45, 2.75) is 53.4 Å². The van der Waals surface area contributed by atoms with Gasteiger partial charge in [0, 0.05) is 18.8 Å². The van der Waals surface area contributed by atoms with Gasteiger partial charge in [-0.25, -0.2) is 0 Å². The quantitative estimate of drug-likeness (QED) is 0.517. The minimum Gasteiger partial charge on any atom is -0.365 e. The van der Waals surface area contributed by atoms with Crippen molar-refractivity contribution >= 4 is 16.9 Å². The van der Waals surface area contributed by atoms with Crippen LogP contribution in [0.15, 0.2) is 4.99 Å². The highest BCUT2D eigenvalue weighted by atomic mass is 32.2. The lowest BCUT2D eigenvalue weighted by atomic mass is 10.0. The van der Waals surface area contributed by atoms with Crippen LogP contribution in [0.4, 0.5) is 0 Å². The van der Waals surface area contributed by atoms with Crippen molar-refractivity contribution in [2.24, 2.45) is 10.9 Å². The van der Waals surface area contributed by atoms with Crippen LogP contribution in [0.3, 0.4) is 0 Å². The molecule has 0 aromatic rings. The first kappa shape index (κ1) is 15.8. The first-order valence-electron chi connectivity index (χ1n) is 6.69. The van der Waals surface area contributed by atoms with Crippen molar-refractivity contribution < 1.29 is 0 Å². The topological polar surface area (TPSA) is 24.4 Å². The summed E-state index contributed by atoms with van der Waals surface area (Å²) in [6.07, 6.45) is 5.33. The first-order chi connectivity index (χ1) is 7.78. The standard InChI is InChI=1S/C13H28N2S/c1-5-9-10-12(6-2)11-16-13(14-7-3)15-8-4/h12H,5-11H2,1-4H3,(H,14,15). The van der Waals surface area contributed by atoms with E-state index in [4.69, 9.17) is 0 Å². The minimum absolute atomic E-state index is 0.852. The Labute approximate surface area is 106 Å². The Morgan fingerprint density at radius 3 is 2.50 bits per heavy atom. The summed E-state index contributed by atoms with van der Waals surface area (Å²) in [7, 11) is 0. The Hall–Kier alpha value is -0.180. The average Bonchev–Trinajstić information content (AvgIpc) is 2.30. The lowest BCUT2D eigenvalue weighted by molar-refractivity contribution is 0.500. The zero-order valence-corrected chi connectivity index (χ0v) is 12.2. The van der Waals surface area contributed by atoms with Crippen LogP contribution in [0, 0.1) is 5.92 Å². The lowest BCUT2D eigenvalue weighted by Gasteiger charge is -2.15. The summed E-state index contributed by atoms with van der Waals surface area (Å²) >= 11 is 1.89. The highest BCUT2D eigenvalue weighted by Gasteiger charge is 2.08. The molecule has 0 saturated carbocycles. The lowest BCUT2D eigenvalue weighted by Crippen LogP contribution is -2.21. The summed E-state index contributed by atoms with van der Waals surface area (Å²) in [6.45, 7) is 10.6. The number of nitrogens with zero attached hydrogens (tertiary/aromatic N) is 1. The van der Waals surface area contributed by atoms with Gasteiger partial charge in [-0.2, -0.15) is 0 Å². The molecule has 3 heteroatoms. The van der Waals surface area contributed by atoms with Crippen molar-refractivity contribution in [1.29, 1.82) is 0 Å². The van der Waals surface area contributed by atoms with E-state index in [1.54, 1.807) is 0 Å². The third kappa shape index (κ3) is 8.03. The molecule has 0 aromatic heterocycles. The summed E-state index contributed by atoms with van der Waals surface area (Å²) in [4.78, 5) is 4.47. The molecule has 96 valence electrons. The molecular weight excluding hydrogens is 216 g/mol. The van der Waals surface area contributed by atoms with E-state index in [-0.39, 0.29) is 0 Å². The van der Waals surface area contributed by atoms with E-state index in [0.29, 0.717) is 0 Å². The Kier molecular flexibility index (Phi) is 11.2. The summed E-state index contributed by atoms with van der Waals surface area (Å²) in [5.74, 6) is 2.06. The van der Waals surface area contributed by atoms with Crippen molar-refractivity contribution in [1.82, 2.24) is 5.32 Å². The zero-order chi connectivity index (χ0) is 12.2. The van der Waals surface area contributed by atoms with Gasteiger partial charge >= 0.3 is 0 Å². The van der Waals surface area contributed by atoms with Crippen LogP contribution in [0.1, 0.15) is 53.4 Å². The van der Waals surface area contributed by atoms with Gasteiger partial charge in [-0.05, 0) is 26.2 Å².